The first-order valence-electron chi connectivity index (χ1n) is 20.9. The van der Waals surface area contributed by atoms with Crippen LogP contribution in [-0.2, 0) is 15.7 Å². The van der Waals surface area contributed by atoms with Crippen molar-refractivity contribution in [2.75, 3.05) is 46.1 Å². The number of alkyl halides is 4. The fourth-order valence-corrected chi connectivity index (χ4v) is 7.38. The summed E-state index contributed by atoms with van der Waals surface area (Å²) in [5, 5.41) is 9.44. The van der Waals surface area contributed by atoms with E-state index in [1.54, 1.807) is 40.1 Å². The Bertz CT molecular complexity index is 1890. The summed E-state index contributed by atoms with van der Waals surface area (Å²) in [6.07, 6.45) is 8.68. The second-order valence-electron chi connectivity index (χ2n) is 16.1. The number of amides is 1. The molecule has 2 aliphatic rings. The molecule has 1 amide bonds. The van der Waals surface area contributed by atoms with Crippen LogP contribution < -0.4 is 11.5 Å². The minimum Gasteiger partial charge on any atom is -0.477 e. The van der Waals surface area contributed by atoms with Gasteiger partial charge in [-0.15, -0.1) is 0 Å². The van der Waals surface area contributed by atoms with Gasteiger partial charge < -0.3 is 26.0 Å². The molecule has 2 unspecified atom stereocenters. The predicted molar refractivity (Wildman–Crippen MR) is 233 cm³/mol. The van der Waals surface area contributed by atoms with Gasteiger partial charge in [0.15, 0.2) is 0 Å². The van der Waals surface area contributed by atoms with Crippen LogP contribution in [0.3, 0.4) is 0 Å². The third kappa shape index (κ3) is 13.4. The molecule has 1 aromatic heterocycles. The summed E-state index contributed by atoms with van der Waals surface area (Å²) in [5.74, 6) is 0.265. The summed E-state index contributed by atoms with van der Waals surface area (Å²) >= 11 is 0. The smallest absolute Gasteiger partial charge is 0.418 e. The number of unbranched alkanes of at least 4 members (excludes halogenated alkanes) is 4. The van der Waals surface area contributed by atoms with Crippen molar-refractivity contribution in [3.05, 3.63) is 75.5 Å². The van der Waals surface area contributed by atoms with Crippen LogP contribution in [0.4, 0.5) is 23.4 Å². The van der Waals surface area contributed by atoms with Crippen molar-refractivity contribution in [3.63, 3.8) is 0 Å². The standard InChI is InChI=1S/C45H66F4N8O2/c1-10-14-16-17-20-44(7,26-31(46)12-3)28-59-37(19-15-11-2)55-42(57-22-18-21-53-32(27-57)25-35(50)43(58)56(8)9)38-29(5)23-34(40(52)33(38)13-4)41-39(45(47,48)49)30(6)24-36(51)54-41/h13,19,23-25,31,52H,10-12,14-18,20-22,26-28,50H2,1-9H3,(H2,51,54)/b33-13-,35-25-,37-19-,52-40?,55-42+. The van der Waals surface area contributed by atoms with Crippen LogP contribution in [0, 0.1) is 17.7 Å². The highest BCUT2D eigenvalue weighted by molar-refractivity contribution is 6.36. The minimum absolute atomic E-state index is 0.0133. The van der Waals surface area contributed by atoms with E-state index in [2.05, 4.69) is 18.8 Å². The molecule has 1 aromatic rings. The third-order valence-corrected chi connectivity index (χ3v) is 10.6. The van der Waals surface area contributed by atoms with Gasteiger partial charge in [0.1, 0.15) is 17.8 Å². The molecule has 0 fully saturated rings. The molecule has 2 atom stereocenters. The molecule has 3 rings (SSSR count). The van der Waals surface area contributed by atoms with E-state index in [1.807, 2.05) is 24.8 Å². The molecule has 14 heteroatoms. The number of likely N-dealkylation sites (N-methyl/N-ethyl adjacent to an activating group) is 1. The predicted octanol–water partition coefficient (Wildman–Crippen LogP) is 9.92. The molecule has 326 valence electrons. The highest BCUT2D eigenvalue weighted by Gasteiger charge is 2.40. The molecule has 5 N–H and O–H groups in total. The summed E-state index contributed by atoms with van der Waals surface area (Å²) < 4.78 is 65.4. The van der Waals surface area contributed by atoms with Crippen molar-refractivity contribution in [2.24, 2.45) is 21.1 Å². The number of carbonyl (C=O) groups is 1. The van der Waals surface area contributed by atoms with E-state index >= 15 is 4.39 Å². The Morgan fingerprint density at radius 1 is 1.15 bits per heavy atom. The number of halogens is 4. The Balaban J connectivity index is 2.33. The van der Waals surface area contributed by atoms with Crippen LogP contribution in [0.2, 0.25) is 0 Å². The maximum absolute atomic E-state index is 15.1. The molecule has 0 aromatic carbocycles. The van der Waals surface area contributed by atoms with Gasteiger partial charge in [0, 0.05) is 49.3 Å². The molecule has 10 nitrogen and oxygen atoms in total. The number of hydrogen-bond donors (Lipinski definition) is 3. The Labute approximate surface area is 348 Å². The van der Waals surface area contributed by atoms with Gasteiger partial charge in [-0.1, -0.05) is 65.9 Å². The molecule has 2 heterocycles. The normalized spacial score (nSPS) is 18.4. The van der Waals surface area contributed by atoms with Crippen molar-refractivity contribution in [1.82, 2.24) is 14.8 Å². The van der Waals surface area contributed by atoms with Crippen LogP contribution in [0.25, 0.3) is 5.57 Å². The molecule has 0 bridgehead atoms. The molecule has 0 saturated heterocycles. The number of rotatable bonds is 18. The van der Waals surface area contributed by atoms with E-state index in [0.29, 0.717) is 72.9 Å². The lowest BCUT2D eigenvalue weighted by Gasteiger charge is -2.33. The van der Waals surface area contributed by atoms with Crippen molar-refractivity contribution in [2.45, 2.75) is 125 Å². The number of amidine groups is 1. The van der Waals surface area contributed by atoms with Gasteiger partial charge in [0.25, 0.3) is 5.91 Å². The van der Waals surface area contributed by atoms with Crippen LogP contribution in [0.15, 0.2) is 68.7 Å². The number of aryl methyl sites for hydroxylation is 1. The first-order chi connectivity index (χ1) is 27.8. The summed E-state index contributed by atoms with van der Waals surface area (Å²) in [6, 6.07) is 1.18. The summed E-state index contributed by atoms with van der Waals surface area (Å²) in [7, 11) is 3.22. The molecule has 0 spiro atoms. The van der Waals surface area contributed by atoms with Gasteiger partial charge in [-0.3, -0.25) is 15.2 Å². The summed E-state index contributed by atoms with van der Waals surface area (Å²) in [5.41, 5.74) is 12.0. The number of nitrogens with one attached hydrogen (secondary N) is 1. The zero-order valence-corrected chi connectivity index (χ0v) is 36.6. The van der Waals surface area contributed by atoms with Crippen LogP contribution in [0.5, 0.6) is 0 Å². The first-order valence-corrected chi connectivity index (χ1v) is 20.9. The number of aromatic nitrogens is 1. The Morgan fingerprint density at radius 2 is 1.86 bits per heavy atom. The molecule has 0 saturated carbocycles. The zero-order chi connectivity index (χ0) is 44.1. The third-order valence-electron chi connectivity index (χ3n) is 10.6. The topological polar surface area (TPSA) is 146 Å². The van der Waals surface area contributed by atoms with Crippen molar-refractivity contribution in [3.8, 4) is 0 Å². The van der Waals surface area contributed by atoms with Gasteiger partial charge in [-0.25, -0.2) is 9.37 Å². The highest BCUT2D eigenvalue weighted by Crippen LogP contribution is 2.41. The fourth-order valence-electron chi connectivity index (χ4n) is 7.38. The van der Waals surface area contributed by atoms with E-state index in [0.717, 1.165) is 38.5 Å². The van der Waals surface area contributed by atoms with E-state index in [9.17, 15) is 23.4 Å². The number of ether oxygens (including phenoxy) is 1. The van der Waals surface area contributed by atoms with Gasteiger partial charge in [0.2, 0.25) is 5.88 Å². The van der Waals surface area contributed by atoms with E-state index in [4.69, 9.17) is 26.2 Å². The number of aliphatic imine (C=N–C) groups is 2. The second-order valence-corrected chi connectivity index (χ2v) is 16.1. The van der Waals surface area contributed by atoms with Crippen LogP contribution >= 0.6 is 0 Å². The molecule has 1 aliphatic heterocycles. The van der Waals surface area contributed by atoms with Crippen LogP contribution in [-0.4, -0.2) is 84.5 Å². The molecular weight excluding hydrogens is 761 g/mol. The Morgan fingerprint density at radius 3 is 2.47 bits per heavy atom. The summed E-state index contributed by atoms with van der Waals surface area (Å²) in [6.45, 7) is 14.2. The number of nitrogens with zero attached hydrogens (tertiary/aromatic N) is 5. The summed E-state index contributed by atoms with van der Waals surface area (Å²) in [4.78, 5) is 30.2. The minimum atomic E-state index is -4.76. The zero-order valence-electron chi connectivity index (χ0n) is 36.6. The van der Waals surface area contributed by atoms with Crippen molar-refractivity contribution < 1.29 is 27.1 Å². The second kappa shape index (κ2) is 22.0. The quantitative estimate of drug-likeness (QED) is 0.0336. The van der Waals surface area contributed by atoms with E-state index < -0.39 is 29.0 Å². The monoisotopic (exact) mass is 827 g/mol. The van der Waals surface area contributed by atoms with Crippen molar-refractivity contribution in [1.29, 1.82) is 5.41 Å². The molecular formula is C45H66F4N8O2. The number of carbonyl (C=O) groups excluding carboxylic acids is 1. The van der Waals surface area contributed by atoms with Crippen molar-refractivity contribution >= 4 is 34.6 Å². The van der Waals surface area contributed by atoms with Gasteiger partial charge in [-0.05, 0) is 88.3 Å². The number of hydrogen-bond acceptors (Lipinski definition) is 8. The first kappa shape index (κ1) is 48.6. The van der Waals surface area contributed by atoms with Gasteiger partial charge in [0.05, 0.1) is 41.5 Å². The lowest BCUT2D eigenvalue weighted by Crippen LogP contribution is -2.39. The number of pyridine rings is 1. The molecule has 0 radical (unpaired) electrons. The van der Waals surface area contributed by atoms with Crippen LogP contribution in [0.1, 0.15) is 123 Å². The average molecular weight is 827 g/mol. The highest BCUT2D eigenvalue weighted by atomic mass is 19.4. The average Bonchev–Trinajstić information content (AvgIpc) is 3.41. The SMILES string of the molecule is C/C=C1\C(=N)C(c2nc(N)cc(C)c2C(F)(F)F)=CC(C)=C1/C(=N\C(=C\CCC)OCC(C)(CCCCCC)CC(F)CC)N1CCCN=C(/C=C(\N)C(=O)N(C)C)C1. The lowest BCUT2D eigenvalue weighted by atomic mass is 9.80. The number of nitrogen functional groups attached to an aromatic ring is 1. The Kier molecular flexibility index (Phi) is 18.1. The molecule has 59 heavy (non-hydrogen) atoms. The fraction of sp³-hybridized carbons (Fsp3) is 0.578. The largest absolute Gasteiger partial charge is 0.477 e. The number of allylic oxidation sites excluding steroid dienone is 5. The Hall–Kier alpha value is -4.75. The number of anilines is 1. The lowest BCUT2D eigenvalue weighted by molar-refractivity contribution is -0.138. The van der Waals surface area contributed by atoms with E-state index in [-0.39, 0.29) is 47.4 Å². The number of nitrogens with two attached hydrogens (primary N) is 2. The molecule has 1 aliphatic carbocycles. The maximum atomic E-state index is 15.1. The maximum Gasteiger partial charge on any atom is 0.418 e. The van der Waals surface area contributed by atoms with Gasteiger partial charge >= 0.3 is 6.18 Å². The van der Waals surface area contributed by atoms with Gasteiger partial charge in [-0.2, -0.15) is 18.2 Å². The van der Waals surface area contributed by atoms with E-state index in [1.165, 1.54) is 24.0 Å².